The fourth-order valence-electron chi connectivity index (χ4n) is 2.80. The number of carbonyl (C=O) groups excluding carboxylic acids is 1. The normalized spacial score (nSPS) is 13.1. The number of fused-ring (bicyclic) bond motifs is 1. The van der Waals surface area contributed by atoms with Crippen LogP contribution in [0.1, 0.15) is 17.5 Å². The van der Waals surface area contributed by atoms with Crippen LogP contribution in [-0.4, -0.2) is 19.0 Å². The lowest BCUT2D eigenvalue weighted by Crippen LogP contribution is -2.30. The molecule has 4 heteroatoms. The van der Waals surface area contributed by atoms with E-state index >= 15 is 0 Å². The summed E-state index contributed by atoms with van der Waals surface area (Å²) in [5, 5.41) is 3.32. The first-order valence-corrected chi connectivity index (χ1v) is 8.33. The number of nitrogens with zero attached hydrogens (tertiary/aromatic N) is 1. The van der Waals surface area contributed by atoms with Crippen LogP contribution in [0, 0.1) is 6.92 Å². The Balaban J connectivity index is 1.57. The zero-order chi connectivity index (χ0) is 15.5. The number of halogens is 1. The molecule has 114 valence electrons. The molecule has 0 fully saturated rings. The summed E-state index contributed by atoms with van der Waals surface area (Å²) in [7, 11) is 0. The third-order valence-electron chi connectivity index (χ3n) is 3.97. The number of rotatable bonds is 4. The Morgan fingerprint density at radius 2 is 2.09 bits per heavy atom. The molecule has 1 aliphatic heterocycles. The standard InChI is InChI=1S/C18H19BrN2O/c1-13-6-7-16(15(19)12-13)20-10-8-18(22)21-11-9-14-4-2-3-5-17(14)21/h2-7,12,20H,8-11H2,1H3. The van der Waals surface area contributed by atoms with Crippen molar-refractivity contribution in [2.45, 2.75) is 19.8 Å². The molecule has 0 radical (unpaired) electrons. The van der Waals surface area contributed by atoms with Crippen molar-refractivity contribution in [1.82, 2.24) is 0 Å². The lowest BCUT2D eigenvalue weighted by atomic mass is 10.2. The maximum atomic E-state index is 12.4. The summed E-state index contributed by atoms with van der Waals surface area (Å²) in [5.74, 6) is 0.181. The molecule has 0 bridgehead atoms. The molecule has 0 atom stereocenters. The van der Waals surface area contributed by atoms with Gasteiger partial charge in [0, 0.05) is 35.4 Å². The van der Waals surface area contributed by atoms with Crippen LogP contribution < -0.4 is 10.2 Å². The van der Waals surface area contributed by atoms with Gasteiger partial charge in [-0.1, -0.05) is 24.3 Å². The van der Waals surface area contributed by atoms with E-state index in [0.29, 0.717) is 13.0 Å². The second-order valence-electron chi connectivity index (χ2n) is 5.58. The van der Waals surface area contributed by atoms with Gasteiger partial charge in [0.05, 0.1) is 0 Å². The molecule has 0 unspecified atom stereocenters. The predicted octanol–water partition coefficient (Wildman–Crippen LogP) is 4.15. The van der Waals surface area contributed by atoms with E-state index in [4.69, 9.17) is 0 Å². The van der Waals surface area contributed by atoms with Crippen molar-refractivity contribution in [3.63, 3.8) is 0 Å². The summed E-state index contributed by atoms with van der Waals surface area (Å²) in [6, 6.07) is 14.3. The van der Waals surface area contributed by atoms with Crippen molar-refractivity contribution in [1.29, 1.82) is 0 Å². The van der Waals surface area contributed by atoms with E-state index in [9.17, 15) is 4.79 Å². The Bertz CT molecular complexity index is 699. The number of nitrogens with one attached hydrogen (secondary N) is 1. The van der Waals surface area contributed by atoms with E-state index < -0.39 is 0 Å². The predicted molar refractivity (Wildman–Crippen MR) is 94.5 cm³/mol. The molecule has 2 aromatic carbocycles. The summed E-state index contributed by atoms with van der Waals surface area (Å²) < 4.78 is 1.03. The quantitative estimate of drug-likeness (QED) is 0.890. The third kappa shape index (κ3) is 3.17. The molecule has 0 saturated carbocycles. The molecular formula is C18H19BrN2O. The Morgan fingerprint density at radius 1 is 1.27 bits per heavy atom. The second-order valence-corrected chi connectivity index (χ2v) is 6.44. The van der Waals surface area contributed by atoms with E-state index in [1.54, 1.807) is 0 Å². The highest BCUT2D eigenvalue weighted by molar-refractivity contribution is 9.10. The second kappa shape index (κ2) is 6.53. The third-order valence-corrected chi connectivity index (χ3v) is 4.62. The molecule has 0 aliphatic carbocycles. The largest absolute Gasteiger partial charge is 0.384 e. The number of amides is 1. The van der Waals surface area contributed by atoms with Gasteiger partial charge < -0.3 is 10.2 Å². The van der Waals surface area contributed by atoms with E-state index in [0.717, 1.165) is 28.8 Å². The molecule has 1 N–H and O–H groups in total. The minimum atomic E-state index is 0.181. The zero-order valence-corrected chi connectivity index (χ0v) is 14.2. The van der Waals surface area contributed by atoms with Gasteiger partial charge in [-0.25, -0.2) is 0 Å². The maximum Gasteiger partial charge on any atom is 0.228 e. The van der Waals surface area contributed by atoms with Crippen molar-refractivity contribution >= 4 is 33.2 Å². The van der Waals surface area contributed by atoms with Crippen LogP contribution in [0.15, 0.2) is 46.9 Å². The number of aryl methyl sites for hydroxylation is 1. The van der Waals surface area contributed by atoms with Gasteiger partial charge >= 0.3 is 0 Å². The molecule has 22 heavy (non-hydrogen) atoms. The average Bonchev–Trinajstić information content (AvgIpc) is 2.93. The molecule has 0 saturated heterocycles. The van der Waals surface area contributed by atoms with Gasteiger partial charge in [0.15, 0.2) is 0 Å². The summed E-state index contributed by atoms with van der Waals surface area (Å²) in [6.45, 7) is 3.49. The first kappa shape index (κ1) is 15.1. The smallest absolute Gasteiger partial charge is 0.228 e. The van der Waals surface area contributed by atoms with Crippen LogP contribution in [0.2, 0.25) is 0 Å². The SMILES string of the molecule is Cc1ccc(NCCC(=O)N2CCc3ccccc32)c(Br)c1. The molecule has 1 amide bonds. The lowest BCUT2D eigenvalue weighted by molar-refractivity contribution is -0.118. The van der Waals surface area contributed by atoms with Crippen LogP contribution in [-0.2, 0) is 11.2 Å². The van der Waals surface area contributed by atoms with Crippen molar-refractivity contribution in [2.75, 3.05) is 23.3 Å². The zero-order valence-electron chi connectivity index (χ0n) is 12.6. The molecule has 0 aromatic heterocycles. The van der Waals surface area contributed by atoms with Crippen molar-refractivity contribution < 1.29 is 4.79 Å². The van der Waals surface area contributed by atoms with Crippen LogP contribution in [0.3, 0.4) is 0 Å². The molecule has 0 spiro atoms. The Hall–Kier alpha value is -1.81. The van der Waals surface area contributed by atoms with Crippen molar-refractivity contribution in [3.8, 4) is 0 Å². The highest BCUT2D eigenvalue weighted by Crippen LogP contribution is 2.28. The number of hydrogen-bond acceptors (Lipinski definition) is 2. The van der Waals surface area contributed by atoms with Crippen LogP contribution >= 0.6 is 15.9 Å². The minimum Gasteiger partial charge on any atom is -0.384 e. The number of benzene rings is 2. The Labute approximate surface area is 139 Å². The van der Waals surface area contributed by atoms with Crippen molar-refractivity contribution in [2.24, 2.45) is 0 Å². The van der Waals surface area contributed by atoms with E-state index in [2.05, 4.69) is 46.4 Å². The summed E-state index contributed by atoms with van der Waals surface area (Å²) >= 11 is 3.54. The topological polar surface area (TPSA) is 32.3 Å². The Morgan fingerprint density at radius 3 is 2.91 bits per heavy atom. The summed E-state index contributed by atoms with van der Waals surface area (Å²) in [6.07, 6.45) is 1.45. The van der Waals surface area contributed by atoms with Gasteiger partial charge in [0.1, 0.15) is 0 Å². The van der Waals surface area contributed by atoms with Gasteiger partial charge in [0.25, 0.3) is 0 Å². The number of para-hydroxylation sites is 1. The molecule has 3 rings (SSSR count). The number of carbonyl (C=O) groups is 1. The fourth-order valence-corrected chi connectivity index (χ4v) is 3.43. The molecular weight excluding hydrogens is 340 g/mol. The van der Waals surface area contributed by atoms with Gasteiger partial charge in [0.2, 0.25) is 5.91 Å². The first-order valence-electron chi connectivity index (χ1n) is 7.53. The van der Waals surface area contributed by atoms with Crippen molar-refractivity contribution in [3.05, 3.63) is 58.1 Å². The first-order chi connectivity index (χ1) is 10.6. The minimum absolute atomic E-state index is 0.181. The maximum absolute atomic E-state index is 12.4. The van der Waals surface area contributed by atoms with Crippen LogP contribution in [0.5, 0.6) is 0 Å². The number of anilines is 2. The molecule has 2 aromatic rings. The van der Waals surface area contributed by atoms with E-state index in [-0.39, 0.29) is 5.91 Å². The van der Waals surface area contributed by atoms with E-state index in [1.165, 1.54) is 11.1 Å². The average molecular weight is 359 g/mol. The highest BCUT2D eigenvalue weighted by Gasteiger charge is 2.23. The molecule has 1 aliphatic rings. The van der Waals surface area contributed by atoms with Gasteiger partial charge in [-0.3, -0.25) is 4.79 Å². The monoisotopic (exact) mass is 358 g/mol. The molecule has 1 heterocycles. The fraction of sp³-hybridized carbons (Fsp3) is 0.278. The van der Waals surface area contributed by atoms with Crippen LogP contribution in [0.4, 0.5) is 11.4 Å². The van der Waals surface area contributed by atoms with Gasteiger partial charge in [-0.2, -0.15) is 0 Å². The summed E-state index contributed by atoms with van der Waals surface area (Å²) in [5.41, 5.74) is 4.58. The number of hydrogen-bond donors (Lipinski definition) is 1. The van der Waals surface area contributed by atoms with Gasteiger partial charge in [-0.05, 0) is 58.6 Å². The lowest BCUT2D eigenvalue weighted by Gasteiger charge is -2.18. The Kier molecular flexibility index (Phi) is 4.48. The highest BCUT2D eigenvalue weighted by atomic mass is 79.9. The van der Waals surface area contributed by atoms with Gasteiger partial charge in [-0.15, -0.1) is 0 Å². The molecule has 3 nitrogen and oxygen atoms in total. The summed E-state index contributed by atoms with van der Waals surface area (Å²) in [4.78, 5) is 14.3. The van der Waals surface area contributed by atoms with E-state index in [1.807, 2.05) is 29.2 Å². The van der Waals surface area contributed by atoms with Crippen LogP contribution in [0.25, 0.3) is 0 Å².